The first-order chi connectivity index (χ1) is 17.8. The fourth-order valence-electron chi connectivity index (χ4n) is 3.41. The third kappa shape index (κ3) is 5.95. The monoisotopic (exact) mass is 518 g/mol. The van der Waals surface area contributed by atoms with Crippen LogP contribution >= 0.6 is 0 Å². The number of amides is 2. The molecular weight excluding hydrogens is 494 g/mol. The summed E-state index contributed by atoms with van der Waals surface area (Å²) in [6, 6.07) is 5.86. The number of halogens is 2. The molecule has 13 nitrogen and oxygen atoms in total. The number of aliphatic hydroxyl groups excluding tert-OH is 1. The summed E-state index contributed by atoms with van der Waals surface area (Å²) >= 11 is 0. The van der Waals surface area contributed by atoms with E-state index in [0.29, 0.717) is 5.56 Å². The average molecular weight is 518 g/mol. The first-order valence-electron chi connectivity index (χ1n) is 11.2. The van der Waals surface area contributed by atoms with Gasteiger partial charge in [0, 0.05) is 6.04 Å². The third-order valence-corrected chi connectivity index (χ3v) is 5.22. The number of aliphatic hydroxyl groups is 1. The Balaban J connectivity index is 1.84. The van der Waals surface area contributed by atoms with Crippen molar-refractivity contribution < 1.29 is 33.1 Å². The maximum atomic E-state index is 13.2. The number of rotatable bonds is 12. The van der Waals surface area contributed by atoms with E-state index in [-0.39, 0.29) is 47.8 Å². The Morgan fingerprint density at radius 1 is 1.30 bits per heavy atom. The zero-order chi connectivity index (χ0) is 26.5. The number of aromatic nitrogens is 5. The number of carbonyl (C=O) groups is 2. The van der Waals surface area contributed by atoms with Crippen LogP contribution in [0, 0.1) is 0 Å². The number of nitrogens with one attached hydrogen (secondary N) is 1. The number of benzene rings is 1. The van der Waals surface area contributed by atoms with Crippen molar-refractivity contribution in [3.8, 4) is 17.1 Å². The van der Waals surface area contributed by atoms with Crippen LogP contribution in [0.3, 0.4) is 0 Å². The summed E-state index contributed by atoms with van der Waals surface area (Å²) in [6.07, 6.45) is 0.172. The van der Waals surface area contributed by atoms with Crippen molar-refractivity contribution in [1.82, 2.24) is 30.3 Å². The molecule has 0 radical (unpaired) electrons. The Morgan fingerprint density at radius 3 is 2.73 bits per heavy atom. The predicted octanol–water partition coefficient (Wildman–Crippen LogP) is 1.06. The molecule has 0 aliphatic heterocycles. The molecule has 0 bridgehead atoms. The lowest BCUT2D eigenvalue weighted by molar-refractivity contribution is 0.0168. The van der Waals surface area contributed by atoms with Gasteiger partial charge in [-0.05, 0) is 31.0 Å². The number of para-hydroxylation sites is 1. The molecule has 2 heterocycles. The zero-order valence-corrected chi connectivity index (χ0v) is 19.7. The summed E-state index contributed by atoms with van der Waals surface area (Å²) in [5.41, 5.74) is 5.12. The summed E-state index contributed by atoms with van der Waals surface area (Å²) in [5.74, 6) is -1.26. The normalized spacial score (nSPS) is 13.0. The zero-order valence-electron chi connectivity index (χ0n) is 19.7. The highest BCUT2D eigenvalue weighted by molar-refractivity contribution is 6.00. The highest BCUT2D eigenvalue weighted by atomic mass is 19.3. The Morgan fingerprint density at radius 2 is 2.08 bits per heavy atom. The Labute approximate surface area is 209 Å². The highest BCUT2D eigenvalue weighted by Gasteiger charge is 2.29. The van der Waals surface area contributed by atoms with Crippen LogP contribution in [0.2, 0.25) is 0 Å². The molecule has 15 heteroatoms. The van der Waals surface area contributed by atoms with Gasteiger partial charge >= 0.3 is 0 Å². The number of primary amides is 1. The number of alkyl halides is 2. The van der Waals surface area contributed by atoms with Gasteiger partial charge in [0.1, 0.15) is 24.3 Å². The standard InChI is InChI=1S/C22H24F2N8O5/c1-36-19-13(21-26-11-31(30-21)7-8-33)3-2-4-15(19)32(37-10-17(23)24)16-9-14(22(35)27-12-5-6-12)28-29-18(16)20(25)34/h2-4,9,11-12,17,33H,5-8,10H2,1H3,(H2,25,34)(H,27,35). The number of hydrogen-bond acceptors (Lipinski definition) is 10. The molecule has 1 aromatic carbocycles. The van der Waals surface area contributed by atoms with Crippen LogP contribution in [0.5, 0.6) is 5.75 Å². The van der Waals surface area contributed by atoms with Crippen molar-refractivity contribution >= 4 is 23.2 Å². The predicted molar refractivity (Wildman–Crippen MR) is 124 cm³/mol. The molecule has 196 valence electrons. The molecule has 1 fully saturated rings. The number of carbonyl (C=O) groups excluding carboxylic acids is 2. The van der Waals surface area contributed by atoms with Gasteiger partial charge in [0.25, 0.3) is 18.2 Å². The van der Waals surface area contributed by atoms with E-state index in [4.69, 9.17) is 20.4 Å². The van der Waals surface area contributed by atoms with Crippen LogP contribution in [0.25, 0.3) is 11.4 Å². The number of hydrogen-bond donors (Lipinski definition) is 3. The molecule has 2 amide bonds. The number of ether oxygens (including phenoxy) is 1. The fraction of sp³-hybridized carbons (Fsp3) is 0.364. The molecule has 0 saturated heterocycles. The van der Waals surface area contributed by atoms with Crippen molar-refractivity contribution in [3.05, 3.63) is 42.0 Å². The molecule has 0 spiro atoms. The topological polar surface area (TPSA) is 171 Å². The minimum Gasteiger partial charge on any atom is -0.494 e. The molecule has 37 heavy (non-hydrogen) atoms. The van der Waals surface area contributed by atoms with Gasteiger partial charge in [-0.25, -0.2) is 18.8 Å². The number of anilines is 2. The van der Waals surface area contributed by atoms with Gasteiger partial charge in [-0.1, -0.05) is 6.07 Å². The Kier molecular flexibility index (Phi) is 7.83. The van der Waals surface area contributed by atoms with E-state index in [1.807, 2.05) is 0 Å². The van der Waals surface area contributed by atoms with Gasteiger partial charge in [-0.2, -0.15) is 5.10 Å². The van der Waals surface area contributed by atoms with E-state index in [1.54, 1.807) is 12.1 Å². The van der Waals surface area contributed by atoms with Crippen LogP contribution < -0.4 is 20.9 Å². The van der Waals surface area contributed by atoms with E-state index in [9.17, 15) is 18.4 Å². The van der Waals surface area contributed by atoms with Crippen molar-refractivity contribution in [2.75, 3.05) is 25.4 Å². The molecule has 3 aromatic rings. The van der Waals surface area contributed by atoms with Crippen molar-refractivity contribution in [2.45, 2.75) is 31.9 Å². The van der Waals surface area contributed by atoms with Gasteiger partial charge < -0.3 is 20.9 Å². The van der Waals surface area contributed by atoms with E-state index in [2.05, 4.69) is 25.6 Å². The Bertz CT molecular complexity index is 1280. The average Bonchev–Trinajstić information content (AvgIpc) is 3.57. The van der Waals surface area contributed by atoms with Crippen molar-refractivity contribution in [1.29, 1.82) is 0 Å². The maximum absolute atomic E-state index is 13.2. The van der Waals surface area contributed by atoms with Crippen LogP contribution in [-0.4, -0.2) is 74.7 Å². The third-order valence-electron chi connectivity index (χ3n) is 5.22. The quantitative estimate of drug-likeness (QED) is 0.295. The molecule has 0 unspecified atom stereocenters. The van der Waals surface area contributed by atoms with Crippen molar-refractivity contribution in [3.63, 3.8) is 0 Å². The molecule has 1 saturated carbocycles. The fourth-order valence-corrected chi connectivity index (χ4v) is 3.41. The van der Waals surface area contributed by atoms with Gasteiger partial charge in [0.15, 0.2) is 23.0 Å². The number of nitrogens with two attached hydrogens (primary N) is 1. The first-order valence-corrected chi connectivity index (χ1v) is 11.2. The second-order valence-electron chi connectivity index (χ2n) is 7.97. The minimum atomic E-state index is -2.88. The molecule has 1 aliphatic rings. The SMILES string of the molecule is COc1c(-c2ncn(CCO)n2)cccc1N(OCC(F)F)c1cc(C(=O)NC2CC2)nnc1C(N)=O. The summed E-state index contributed by atoms with van der Waals surface area (Å²) < 4.78 is 33.5. The summed E-state index contributed by atoms with van der Waals surface area (Å²) in [5, 5.41) is 24.6. The highest BCUT2D eigenvalue weighted by Crippen LogP contribution is 2.41. The minimum absolute atomic E-state index is 0.00895. The second kappa shape index (κ2) is 11.2. The van der Waals surface area contributed by atoms with E-state index in [1.165, 1.54) is 30.3 Å². The van der Waals surface area contributed by atoms with Gasteiger partial charge in [-0.3, -0.25) is 19.1 Å². The molecular formula is C22H24F2N8O5. The van der Waals surface area contributed by atoms with E-state index < -0.39 is 30.5 Å². The molecule has 4 rings (SSSR count). The lowest BCUT2D eigenvalue weighted by atomic mass is 10.1. The van der Waals surface area contributed by atoms with E-state index >= 15 is 0 Å². The van der Waals surface area contributed by atoms with Crippen LogP contribution in [0.1, 0.15) is 33.8 Å². The Hall–Kier alpha value is -4.24. The van der Waals surface area contributed by atoms with Gasteiger partial charge in [-0.15, -0.1) is 10.2 Å². The van der Waals surface area contributed by atoms with Gasteiger partial charge in [0.2, 0.25) is 0 Å². The van der Waals surface area contributed by atoms with Crippen LogP contribution in [0.4, 0.5) is 20.2 Å². The molecule has 4 N–H and O–H groups in total. The smallest absolute Gasteiger partial charge is 0.272 e. The van der Waals surface area contributed by atoms with Crippen LogP contribution in [-0.2, 0) is 11.4 Å². The summed E-state index contributed by atoms with van der Waals surface area (Å²) in [6.45, 7) is -1.02. The lowest BCUT2D eigenvalue weighted by Crippen LogP contribution is -2.30. The molecule has 1 aliphatic carbocycles. The number of nitrogens with zero attached hydrogens (tertiary/aromatic N) is 6. The molecule has 0 atom stereocenters. The largest absolute Gasteiger partial charge is 0.494 e. The van der Waals surface area contributed by atoms with Crippen LogP contribution in [0.15, 0.2) is 30.6 Å². The molecule has 2 aromatic heterocycles. The second-order valence-corrected chi connectivity index (χ2v) is 7.97. The van der Waals surface area contributed by atoms with E-state index in [0.717, 1.165) is 17.9 Å². The first kappa shape index (κ1) is 25.8. The maximum Gasteiger partial charge on any atom is 0.272 e. The summed E-state index contributed by atoms with van der Waals surface area (Å²) in [7, 11) is 1.34. The summed E-state index contributed by atoms with van der Waals surface area (Å²) in [4.78, 5) is 34.4. The number of methoxy groups -OCH3 is 1. The lowest BCUT2D eigenvalue weighted by Gasteiger charge is -2.27. The van der Waals surface area contributed by atoms with Crippen molar-refractivity contribution in [2.24, 2.45) is 5.73 Å². The van der Waals surface area contributed by atoms with Gasteiger partial charge in [0.05, 0.1) is 25.8 Å².